The molecule has 0 saturated carbocycles. The van der Waals surface area contributed by atoms with Gasteiger partial charge in [-0.25, -0.2) is 8.78 Å². The van der Waals surface area contributed by atoms with E-state index in [9.17, 15) is 27.5 Å². The Morgan fingerprint density at radius 1 is 1.17 bits per heavy atom. The smallest absolute Gasteiger partial charge is 0.387 e. The van der Waals surface area contributed by atoms with E-state index in [1.165, 1.54) is 30.3 Å². The third-order valence-corrected chi connectivity index (χ3v) is 3.12. The van der Waals surface area contributed by atoms with Gasteiger partial charge in [-0.2, -0.15) is 8.78 Å². The van der Waals surface area contributed by atoms with E-state index < -0.39 is 35.8 Å². The number of carbonyl (C=O) groups is 1. The van der Waals surface area contributed by atoms with Gasteiger partial charge < -0.3 is 15.2 Å². The number of ether oxygens (including phenoxy) is 1. The molecule has 128 valence electrons. The van der Waals surface area contributed by atoms with Crippen LogP contribution >= 0.6 is 0 Å². The molecule has 0 saturated heterocycles. The Bertz CT molecular complexity index is 724. The summed E-state index contributed by atoms with van der Waals surface area (Å²) < 4.78 is 55.1. The standard InChI is InChI=1S/C16H13F4NO3/c17-12-6-2-5-11(14(12)18)15(23)21-8-13(22)9-3-1-4-10(7-9)24-16(19)20/h1-7,13,16,22H,8H2,(H,21,23). The first-order chi connectivity index (χ1) is 11.4. The molecule has 0 bridgehead atoms. The zero-order chi connectivity index (χ0) is 17.7. The highest BCUT2D eigenvalue weighted by Crippen LogP contribution is 2.20. The van der Waals surface area contributed by atoms with Gasteiger partial charge in [-0.3, -0.25) is 4.79 Å². The van der Waals surface area contributed by atoms with Gasteiger partial charge in [0.25, 0.3) is 5.91 Å². The van der Waals surface area contributed by atoms with Gasteiger partial charge >= 0.3 is 6.61 Å². The molecule has 0 aromatic heterocycles. The fourth-order valence-electron chi connectivity index (χ4n) is 1.98. The molecule has 0 radical (unpaired) electrons. The van der Waals surface area contributed by atoms with Gasteiger partial charge in [0.2, 0.25) is 0 Å². The SMILES string of the molecule is O=C(NCC(O)c1cccc(OC(F)F)c1)c1cccc(F)c1F. The third kappa shape index (κ3) is 4.45. The summed E-state index contributed by atoms with van der Waals surface area (Å²) in [7, 11) is 0. The molecular formula is C16H13F4NO3. The molecule has 0 aliphatic carbocycles. The van der Waals surface area contributed by atoms with Gasteiger partial charge in [-0.05, 0) is 29.8 Å². The van der Waals surface area contributed by atoms with Crippen molar-refractivity contribution in [3.8, 4) is 5.75 Å². The van der Waals surface area contributed by atoms with Crippen LogP contribution in [0.1, 0.15) is 22.0 Å². The average Bonchev–Trinajstić information content (AvgIpc) is 2.54. The fraction of sp³-hybridized carbons (Fsp3) is 0.188. The molecule has 1 atom stereocenters. The average molecular weight is 343 g/mol. The molecule has 4 nitrogen and oxygen atoms in total. The maximum atomic E-state index is 13.5. The Kier molecular flexibility index (Phi) is 5.75. The summed E-state index contributed by atoms with van der Waals surface area (Å²) >= 11 is 0. The lowest BCUT2D eigenvalue weighted by molar-refractivity contribution is -0.0499. The molecule has 8 heteroatoms. The van der Waals surface area contributed by atoms with E-state index in [1.807, 2.05) is 0 Å². The summed E-state index contributed by atoms with van der Waals surface area (Å²) in [6.45, 7) is -3.33. The Morgan fingerprint density at radius 2 is 1.88 bits per heavy atom. The molecule has 1 unspecified atom stereocenters. The van der Waals surface area contributed by atoms with E-state index in [-0.39, 0.29) is 17.9 Å². The monoisotopic (exact) mass is 343 g/mol. The van der Waals surface area contributed by atoms with E-state index >= 15 is 0 Å². The summed E-state index contributed by atoms with van der Waals surface area (Å²) in [5.74, 6) is -3.52. The number of halogens is 4. The van der Waals surface area contributed by atoms with E-state index in [2.05, 4.69) is 10.1 Å². The van der Waals surface area contributed by atoms with Crippen molar-refractivity contribution in [3.05, 3.63) is 65.2 Å². The van der Waals surface area contributed by atoms with Crippen LogP contribution in [0.4, 0.5) is 17.6 Å². The fourth-order valence-corrected chi connectivity index (χ4v) is 1.98. The number of aliphatic hydroxyl groups excluding tert-OH is 1. The summed E-state index contributed by atoms with van der Waals surface area (Å²) in [6, 6.07) is 8.44. The number of hydrogen-bond donors (Lipinski definition) is 2. The number of carbonyl (C=O) groups excluding carboxylic acids is 1. The van der Waals surface area contributed by atoms with Crippen LogP contribution in [-0.4, -0.2) is 24.2 Å². The summed E-state index contributed by atoms with van der Waals surface area (Å²) in [5, 5.41) is 12.2. The highest BCUT2D eigenvalue weighted by Gasteiger charge is 2.17. The summed E-state index contributed by atoms with van der Waals surface area (Å²) in [6.07, 6.45) is -1.24. The number of alkyl halides is 2. The minimum Gasteiger partial charge on any atom is -0.435 e. The lowest BCUT2D eigenvalue weighted by Gasteiger charge is -2.14. The number of aliphatic hydroxyl groups is 1. The van der Waals surface area contributed by atoms with Crippen molar-refractivity contribution < 1.29 is 32.2 Å². The number of nitrogens with one attached hydrogen (secondary N) is 1. The second-order valence-corrected chi connectivity index (χ2v) is 4.78. The minimum absolute atomic E-state index is 0.149. The molecule has 2 rings (SSSR count). The Balaban J connectivity index is 2.01. The number of benzene rings is 2. The van der Waals surface area contributed by atoms with Crippen LogP contribution in [0.15, 0.2) is 42.5 Å². The first-order valence-corrected chi connectivity index (χ1v) is 6.83. The molecule has 0 spiro atoms. The van der Waals surface area contributed by atoms with Gasteiger partial charge in [0.05, 0.1) is 11.7 Å². The maximum absolute atomic E-state index is 13.5. The van der Waals surface area contributed by atoms with Crippen molar-refractivity contribution in [2.45, 2.75) is 12.7 Å². The highest BCUT2D eigenvalue weighted by atomic mass is 19.3. The second kappa shape index (κ2) is 7.78. The van der Waals surface area contributed by atoms with Gasteiger partial charge in [0, 0.05) is 6.54 Å². The van der Waals surface area contributed by atoms with Gasteiger partial charge in [0.1, 0.15) is 5.75 Å². The third-order valence-electron chi connectivity index (χ3n) is 3.12. The van der Waals surface area contributed by atoms with Crippen molar-refractivity contribution in [2.24, 2.45) is 0 Å². The number of amides is 1. The van der Waals surface area contributed by atoms with E-state index in [0.29, 0.717) is 0 Å². The topological polar surface area (TPSA) is 58.6 Å². The van der Waals surface area contributed by atoms with Crippen LogP contribution in [-0.2, 0) is 0 Å². The first-order valence-electron chi connectivity index (χ1n) is 6.83. The van der Waals surface area contributed by atoms with Crippen LogP contribution in [0.3, 0.4) is 0 Å². The van der Waals surface area contributed by atoms with Crippen molar-refractivity contribution >= 4 is 5.91 Å². The van der Waals surface area contributed by atoms with Crippen LogP contribution in [0.25, 0.3) is 0 Å². The first kappa shape index (κ1) is 17.7. The molecule has 0 aliphatic rings. The zero-order valence-electron chi connectivity index (χ0n) is 12.2. The summed E-state index contributed by atoms with van der Waals surface area (Å²) in [5.41, 5.74) is -0.287. The quantitative estimate of drug-likeness (QED) is 0.793. The molecule has 2 aromatic carbocycles. The second-order valence-electron chi connectivity index (χ2n) is 4.78. The van der Waals surface area contributed by atoms with E-state index in [0.717, 1.165) is 12.1 Å². The van der Waals surface area contributed by atoms with Gasteiger partial charge in [-0.1, -0.05) is 18.2 Å². The van der Waals surface area contributed by atoms with Crippen LogP contribution in [0.5, 0.6) is 5.75 Å². The normalized spacial score (nSPS) is 12.1. The molecule has 0 aliphatic heterocycles. The van der Waals surface area contributed by atoms with E-state index in [1.54, 1.807) is 0 Å². The zero-order valence-corrected chi connectivity index (χ0v) is 12.2. The summed E-state index contributed by atoms with van der Waals surface area (Å²) in [4.78, 5) is 11.8. The predicted octanol–water partition coefficient (Wildman–Crippen LogP) is 3.03. The van der Waals surface area contributed by atoms with Crippen LogP contribution in [0.2, 0.25) is 0 Å². The van der Waals surface area contributed by atoms with Crippen LogP contribution in [0, 0.1) is 11.6 Å². The number of hydrogen-bond acceptors (Lipinski definition) is 3. The van der Waals surface area contributed by atoms with Crippen molar-refractivity contribution in [1.82, 2.24) is 5.32 Å². The lowest BCUT2D eigenvalue weighted by atomic mass is 10.1. The van der Waals surface area contributed by atoms with Gasteiger partial charge in [0.15, 0.2) is 11.6 Å². The molecule has 2 aromatic rings. The number of rotatable bonds is 6. The molecule has 24 heavy (non-hydrogen) atoms. The molecule has 0 heterocycles. The molecule has 0 fully saturated rings. The Labute approximate surface area is 134 Å². The highest BCUT2D eigenvalue weighted by molar-refractivity contribution is 5.94. The van der Waals surface area contributed by atoms with Crippen molar-refractivity contribution in [1.29, 1.82) is 0 Å². The van der Waals surface area contributed by atoms with Crippen LogP contribution < -0.4 is 10.1 Å². The largest absolute Gasteiger partial charge is 0.435 e. The Morgan fingerprint density at radius 3 is 2.58 bits per heavy atom. The van der Waals surface area contributed by atoms with E-state index in [4.69, 9.17) is 0 Å². The minimum atomic E-state index is -3.01. The van der Waals surface area contributed by atoms with Gasteiger partial charge in [-0.15, -0.1) is 0 Å². The molecule has 1 amide bonds. The van der Waals surface area contributed by atoms with Crippen molar-refractivity contribution in [3.63, 3.8) is 0 Å². The maximum Gasteiger partial charge on any atom is 0.387 e. The van der Waals surface area contributed by atoms with Crippen molar-refractivity contribution in [2.75, 3.05) is 6.54 Å². The molecular weight excluding hydrogens is 330 g/mol. The predicted molar refractivity (Wildman–Crippen MR) is 76.7 cm³/mol. The molecule has 2 N–H and O–H groups in total. The Hall–Kier alpha value is -2.61. The lowest BCUT2D eigenvalue weighted by Crippen LogP contribution is -2.29.